The summed E-state index contributed by atoms with van der Waals surface area (Å²) in [6.07, 6.45) is 8.21. The van der Waals surface area contributed by atoms with Crippen LogP contribution in [-0.4, -0.2) is 25.3 Å². The number of rotatable bonds is 5. The average molecular weight is 287 g/mol. The van der Waals surface area contributed by atoms with Crippen molar-refractivity contribution in [2.24, 2.45) is 5.92 Å². The molecule has 1 aromatic rings. The van der Waals surface area contributed by atoms with Gasteiger partial charge in [0.1, 0.15) is 0 Å². The SMILES string of the molecule is CCC1OCCC1CNC1CCC(c2ccccc2)CC1. The third kappa shape index (κ3) is 3.87. The van der Waals surface area contributed by atoms with Crippen LogP contribution in [0.5, 0.6) is 0 Å². The fourth-order valence-electron chi connectivity index (χ4n) is 4.05. The van der Waals surface area contributed by atoms with Gasteiger partial charge in [0.15, 0.2) is 0 Å². The zero-order valence-corrected chi connectivity index (χ0v) is 13.3. The highest BCUT2D eigenvalue weighted by Crippen LogP contribution is 2.33. The Morgan fingerprint density at radius 2 is 1.81 bits per heavy atom. The predicted molar refractivity (Wildman–Crippen MR) is 87.6 cm³/mol. The first-order valence-electron chi connectivity index (χ1n) is 8.76. The van der Waals surface area contributed by atoms with Crippen LogP contribution in [0.1, 0.15) is 56.9 Å². The maximum absolute atomic E-state index is 5.79. The summed E-state index contributed by atoms with van der Waals surface area (Å²) in [4.78, 5) is 0. The van der Waals surface area contributed by atoms with E-state index in [-0.39, 0.29) is 0 Å². The van der Waals surface area contributed by atoms with Crippen LogP contribution in [0, 0.1) is 5.92 Å². The minimum absolute atomic E-state index is 0.498. The summed E-state index contributed by atoms with van der Waals surface area (Å²) in [7, 11) is 0. The standard InChI is InChI=1S/C19H29NO/c1-2-19-17(12-13-21-19)14-20-18-10-8-16(9-11-18)15-6-4-3-5-7-15/h3-7,16-20H,2,8-14H2,1H3. The Balaban J connectivity index is 1.42. The Labute approximate surface area is 129 Å². The summed E-state index contributed by atoms with van der Waals surface area (Å²) in [6, 6.07) is 11.8. The van der Waals surface area contributed by atoms with E-state index < -0.39 is 0 Å². The summed E-state index contributed by atoms with van der Waals surface area (Å²) in [5, 5.41) is 3.82. The molecule has 0 aromatic heterocycles. The van der Waals surface area contributed by atoms with Crippen LogP contribution in [-0.2, 0) is 4.74 Å². The molecule has 2 atom stereocenters. The highest BCUT2D eigenvalue weighted by atomic mass is 16.5. The summed E-state index contributed by atoms with van der Waals surface area (Å²) in [6.45, 7) is 4.36. The van der Waals surface area contributed by atoms with Gasteiger partial charge in [-0.1, -0.05) is 37.3 Å². The Bertz CT molecular complexity index is 411. The summed E-state index contributed by atoms with van der Waals surface area (Å²) < 4.78 is 5.79. The van der Waals surface area contributed by atoms with Crippen molar-refractivity contribution in [1.29, 1.82) is 0 Å². The van der Waals surface area contributed by atoms with Gasteiger partial charge in [0.05, 0.1) is 6.10 Å². The third-order valence-electron chi connectivity index (χ3n) is 5.42. The van der Waals surface area contributed by atoms with Gasteiger partial charge in [-0.15, -0.1) is 0 Å². The maximum atomic E-state index is 5.79. The second-order valence-corrected chi connectivity index (χ2v) is 6.73. The van der Waals surface area contributed by atoms with Gasteiger partial charge in [0.2, 0.25) is 0 Å². The lowest BCUT2D eigenvalue weighted by Gasteiger charge is -2.30. The molecule has 0 bridgehead atoms. The average Bonchev–Trinajstić information content (AvgIpc) is 3.02. The first kappa shape index (κ1) is 15.1. The van der Waals surface area contributed by atoms with E-state index in [1.165, 1.54) is 37.7 Å². The van der Waals surface area contributed by atoms with Crippen molar-refractivity contribution in [2.45, 2.75) is 63.5 Å². The molecule has 3 rings (SSSR count). The van der Waals surface area contributed by atoms with Gasteiger partial charge >= 0.3 is 0 Å². The highest BCUT2D eigenvalue weighted by molar-refractivity contribution is 5.20. The third-order valence-corrected chi connectivity index (χ3v) is 5.42. The van der Waals surface area contributed by atoms with Crippen molar-refractivity contribution in [2.75, 3.05) is 13.2 Å². The largest absolute Gasteiger partial charge is 0.378 e. The van der Waals surface area contributed by atoms with Gasteiger partial charge < -0.3 is 10.1 Å². The Hall–Kier alpha value is -0.860. The molecule has 21 heavy (non-hydrogen) atoms. The number of hydrogen-bond acceptors (Lipinski definition) is 2. The Morgan fingerprint density at radius 1 is 1.05 bits per heavy atom. The first-order valence-corrected chi connectivity index (χ1v) is 8.76. The Morgan fingerprint density at radius 3 is 2.52 bits per heavy atom. The van der Waals surface area contributed by atoms with E-state index in [2.05, 4.69) is 42.6 Å². The van der Waals surface area contributed by atoms with E-state index in [9.17, 15) is 0 Å². The minimum atomic E-state index is 0.498. The van der Waals surface area contributed by atoms with Crippen molar-refractivity contribution in [3.63, 3.8) is 0 Å². The van der Waals surface area contributed by atoms with Crippen LogP contribution < -0.4 is 5.32 Å². The molecule has 0 radical (unpaired) electrons. The topological polar surface area (TPSA) is 21.3 Å². The maximum Gasteiger partial charge on any atom is 0.0613 e. The molecule has 2 aliphatic rings. The summed E-state index contributed by atoms with van der Waals surface area (Å²) in [5.41, 5.74) is 1.53. The molecule has 1 N–H and O–H groups in total. The molecule has 2 unspecified atom stereocenters. The zero-order valence-electron chi connectivity index (χ0n) is 13.3. The molecule has 1 aromatic carbocycles. The number of nitrogens with one attached hydrogen (secondary N) is 1. The van der Waals surface area contributed by atoms with Gasteiger partial charge in [-0.3, -0.25) is 0 Å². The van der Waals surface area contributed by atoms with Crippen molar-refractivity contribution >= 4 is 0 Å². The van der Waals surface area contributed by atoms with Crippen LogP contribution in [0.3, 0.4) is 0 Å². The van der Waals surface area contributed by atoms with Gasteiger partial charge in [0.25, 0.3) is 0 Å². The quantitative estimate of drug-likeness (QED) is 0.879. The van der Waals surface area contributed by atoms with E-state index in [0.29, 0.717) is 6.10 Å². The molecule has 1 aliphatic heterocycles. The molecular formula is C19H29NO. The lowest BCUT2D eigenvalue weighted by molar-refractivity contribution is 0.0861. The second-order valence-electron chi connectivity index (χ2n) is 6.73. The summed E-state index contributed by atoms with van der Waals surface area (Å²) in [5.74, 6) is 1.52. The van der Waals surface area contributed by atoms with E-state index >= 15 is 0 Å². The van der Waals surface area contributed by atoms with E-state index in [1.807, 2.05) is 0 Å². The molecule has 116 valence electrons. The summed E-state index contributed by atoms with van der Waals surface area (Å²) >= 11 is 0. The number of hydrogen-bond donors (Lipinski definition) is 1. The second kappa shape index (κ2) is 7.42. The van der Waals surface area contributed by atoms with Crippen molar-refractivity contribution in [1.82, 2.24) is 5.32 Å². The lowest BCUT2D eigenvalue weighted by Crippen LogP contribution is -2.37. The molecular weight excluding hydrogens is 258 g/mol. The predicted octanol–water partition coefficient (Wildman–Crippen LogP) is 4.12. The number of benzene rings is 1. The van der Waals surface area contributed by atoms with Crippen molar-refractivity contribution < 1.29 is 4.74 Å². The number of ether oxygens (including phenoxy) is 1. The normalized spacial score (nSPS) is 33.2. The van der Waals surface area contributed by atoms with Crippen molar-refractivity contribution in [3.05, 3.63) is 35.9 Å². The van der Waals surface area contributed by atoms with Crippen LogP contribution in [0.25, 0.3) is 0 Å². The van der Waals surface area contributed by atoms with Crippen molar-refractivity contribution in [3.8, 4) is 0 Å². The van der Waals surface area contributed by atoms with Crippen LogP contribution in [0.2, 0.25) is 0 Å². The van der Waals surface area contributed by atoms with E-state index in [1.54, 1.807) is 0 Å². The molecule has 0 spiro atoms. The molecule has 2 nitrogen and oxygen atoms in total. The lowest BCUT2D eigenvalue weighted by atomic mass is 9.81. The van der Waals surface area contributed by atoms with Crippen LogP contribution >= 0.6 is 0 Å². The molecule has 1 aliphatic carbocycles. The van der Waals surface area contributed by atoms with Crippen LogP contribution in [0.4, 0.5) is 0 Å². The molecule has 2 heteroatoms. The van der Waals surface area contributed by atoms with E-state index in [4.69, 9.17) is 4.74 Å². The highest BCUT2D eigenvalue weighted by Gasteiger charge is 2.28. The van der Waals surface area contributed by atoms with Gasteiger partial charge in [0, 0.05) is 19.2 Å². The van der Waals surface area contributed by atoms with Crippen LogP contribution in [0.15, 0.2) is 30.3 Å². The molecule has 2 fully saturated rings. The molecule has 1 saturated heterocycles. The van der Waals surface area contributed by atoms with Gasteiger partial charge in [-0.05, 0) is 55.9 Å². The molecule has 0 amide bonds. The van der Waals surface area contributed by atoms with Gasteiger partial charge in [-0.25, -0.2) is 0 Å². The Kier molecular flexibility index (Phi) is 5.32. The zero-order chi connectivity index (χ0) is 14.5. The minimum Gasteiger partial charge on any atom is -0.378 e. The smallest absolute Gasteiger partial charge is 0.0613 e. The van der Waals surface area contributed by atoms with E-state index in [0.717, 1.165) is 37.5 Å². The monoisotopic (exact) mass is 287 g/mol. The molecule has 1 heterocycles. The van der Waals surface area contributed by atoms with Gasteiger partial charge in [-0.2, -0.15) is 0 Å². The first-order chi connectivity index (χ1) is 10.4. The molecule has 1 saturated carbocycles. The fraction of sp³-hybridized carbons (Fsp3) is 0.684. The fourth-order valence-corrected chi connectivity index (χ4v) is 4.05.